The molecule has 0 spiro atoms. The van der Waals surface area contributed by atoms with Crippen LogP contribution in [0.5, 0.6) is 11.8 Å². The molecule has 30 heavy (non-hydrogen) atoms. The fourth-order valence-electron chi connectivity index (χ4n) is 4.43. The summed E-state index contributed by atoms with van der Waals surface area (Å²) in [6.07, 6.45) is 4.16. The molecule has 0 radical (unpaired) electrons. The number of anilines is 1. The summed E-state index contributed by atoms with van der Waals surface area (Å²) in [5.41, 5.74) is 9.30. The van der Waals surface area contributed by atoms with Crippen molar-refractivity contribution in [3.05, 3.63) is 41.3 Å². The molecule has 0 amide bonds. The van der Waals surface area contributed by atoms with Crippen LogP contribution in [-0.2, 0) is 6.42 Å². The van der Waals surface area contributed by atoms with Gasteiger partial charge in [0.25, 0.3) is 0 Å². The van der Waals surface area contributed by atoms with Crippen LogP contribution in [0.4, 0.5) is 5.82 Å². The average Bonchev–Trinajstić information content (AvgIpc) is 3.10. The number of halogens is 1. The van der Waals surface area contributed by atoms with E-state index in [-0.39, 0.29) is 6.01 Å². The maximum atomic E-state index is 6.67. The minimum atomic E-state index is 0.250. The number of H-pyrrole nitrogens is 1. The molecule has 1 aliphatic heterocycles. The summed E-state index contributed by atoms with van der Waals surface area (Å²) < 4.78 is 6.00. The van der Waals surface area contributed by atoms with Crippen LogP contribution in [0.25, 0.3) is 22.1 Å². The Morgan fingerprint density at radius 1 is 1.23 bits per heavy atom. The van der Waals surface area contributed by atoms with Crippen LogP contribution >= 0.6 is 11.6 Å². The molecule has 2 fully saturated rings. The topological polar surface area (TPSA) is 106 Å². The average molecular weight is 422 g/mol. The summed E-state index contributed by atoms with van der Waals surface area (Å²) >= 11 is 6.67. The van der Waals surface area contributed by atoms with E-state index in [0.717, 1.165) is 47.4 Å². The molecule has 4 aromatic heterocycles. The first kappa shape index (κ1) is 17.9. The van der Waals surface area contributed by atoms with Gasteiger partial charge in [0.05, 0.1) is 27.6 Å². The van der Waals surface area contributed by atoms with Gasteiger partial charge in [0.1, 0.15) is 11.5 Å². The van der Waals surface area contributed by atoms with Crippen molar-refractivity contribution >= 4 is 39.5 Å². The smallest absolute Gasteiger partial charge is 0.326 e. The Labute approximate surface area is 177 Å². The molecule has 5 heterocycles. The minimum Gasteiger partial charge on any atom is -0.422 e. The van der Waals surface area contributed by atoms with Crippen molar-refractivity contribution in [1.82, 2.24) is 24.9 Å². The van der Waals surface area contributed by atoms with Gasteiger partial charge in [-0.1, -0.05) is 18.5 Å². The standard InChI is InChI=1S/C21H20ClN7O/c1-2-13-17(22)16-19(26-13)27-21(28-20(16)29-8-11-12(9-29)18(11)23)30-10-6-15-14(25-7-10)4-3-5-24-15/h3-7,11-12,18H,2,8-9,23H2,1H3,(H,26,27,28)/t11-,12+,18?. The molecule has 152 valence electrons. The van der Waals surface area contributed by atoms with E-state index in [4.69, 9.17) is 27.1 Å². The maximum absolute atomic E-state index is 6.67. The summed E-state index contributed by atoms with van der Waals surface area (Å²) in [5, 5.41) is 1.52. The van der Waals surface area contributed by atoms with Crippen molar-refractivity contribution in [3.8, 4) is 11.8 Å². The molecular weight excluding hydrogens is 402 g/mol. The lowest BCUT2D eigenvalue weighted by Gasteiger charge is -2.21. The molecule has 0 bridgehead atoms. The number of pyridine rings is 2. The first-order chi connectivity index (χ1) is 14.6. The van der Waals surface area contributed by atoms with Crippen LogP contribution in [0.1, 0.15) is 12.6 Å². The number of hydrogen-bond donors (Lipinski definition) is 2. The molecule has 1 unspecified atom stereocenters. The van der Waals surface area contributed by atoms with Crippen molar-refractivity contribution in [1.29, 1.82) is 0 Å². The second-order valence-electron chi connectivity index (χ2n) is 7.95. The first-order valence-corrected chi connectivity index (χ1v) is 10.5. The van der Waals surface area contributed by atoms with Crippen LogP contribution in [0.15, 0.2) is 30.6 Å². The van der Waals surface area contributed by atoms with E-state index >= 15 is 0 Å². The van der Waals surface area contributed by atoms with E-state index in [0.29, 0.717) is 34.3 Å². The SMILES string of the molecule is CCc1[nH]c2nc(Oc3cnc4cccnc4c3)nc(N3C[C@@H]4C(N)[C@@H]4C3)c2c1Cl. The number of nitrogens with two attached hydrogens (primary N) is 1. The zero-order valence-corrected chi connectivity index (χ0v) is 17.1. The first-order valence-electron chi connectivity index (χ1n) is 10.1. The Morgan fingerprint density at radius 2 is 2.07 bits per heavy atom. The third-order valence-corrected chi connectivity index (χ3v) is 6.59. The Morgan fingerprint density at radius 3 is 2.87 bits per heavy atom. The molecule has 6 rings (SSSR count). The van der Waals surface area contributed by atoms with E-state index in [9.17, 15) is 0 Å². The van der Waals surface area contributed by atoms with E-state index < -0.39 is 0 Å². The van der Waals surface area contributed by atoms with Crippen LogP contribution in [-0.4, -0.2) is 44.1 Å². The predicted octanol–water partition coefficient (Wildman–Crippen LogP) is 3.30. The summed E-state index contributed by atoms with van der Waals surface area (Å²) in [6, 6.07) is 6.15. The number of rotatable bonds is 4. The second kappa shape index (κ2) is 6.52. The summed E-state index contributed by atoms with van der Waals surface area (Å²) in [6.45, 7) is 3.81. The Balaban J connectivity index is 1.42. The van der Waals surface area contributed by atoms with Gasteiger partial charge in [-0.05, 0) is 30.4 Å². The summed E-state index contributed by atoms with van der Waals surface area (Å²) in [7, 11) is 0. The van der Waals surface area contributed by atoms with Crippen molar-refractivity contribution in [2.24, 2.45) is 17.6 Å². The number of aryl methyl sites for hydroxylation is 1. The molecule has 4 aromatic rings. The summed E-state index contributed by atoms with van der Waals surface area (Å²) in [5.74, 6) is 2.38. The second-order valence-corrected chi connectivity index (χ2v) is 8.33. The third kappa shape index (κ3) is 2.71. The van der Waals surface area contributed by atoms with Gasteiger partial charge in [-0.3, -0.25) is 9.97 Å². The highest BCUT2D eigenvalue weighted by atomic mass is 35.5. The van der Waals surface area contributed by atoms with Crippen LogP contribution in [0.3, 0.4) is 0 Å². The largest absolute Gasteiger partial charge is 0.422 e. The molecule has 9 heteroatoms. The number of nitrogens with zero attached hydrogens (tertiary/aromatic N) is 5. The highest BCUT2D eigenvalue weighted by Crippen LogP contribution is 2.47. The quantitative estimate of drug-likeness (QED) is 0.520. The Kier molecular flexibility index (Phi) is 3.88. The normalized spacial score (nSPS) is 22.6. The van der Waals surface area contributed by atoms with Gasteiger partial charge >= 0.3 is 6.01 Å². The zero-order valence-electron chi connectivity index (χ0n) is 16.3. The number of aromatic nitrogens is 5. The fourth-order valence-corrected chi connectivity index (χ4v) is 4.78. The van der Waals surface area contributed by atoms with Crippen molar-refractivity contribution in [2.45, 2.75) is 19.4 Å². The number of ether oxygens (including phenoxy) is 1. The van der Waals surface area contributed by atoms with Gasteiger partial charge in [-0.2, -0.15) is 9.97 Å². The van der Waals surface area contributed by atoms with Gasteiger partial charge in [-0.25, -0.2) is 0 Å². The monoisotopic (exact) mass is 421 g/mol. The lowest BCUT2D eigenvalue weighted by atomic mass is 10.2. The van der Waals surface area contributed by atoms with Crippen molar-refractivity contribution in [2.75, 3.05) is 18.0 Å². The number of aromatic amines is 1. The third-order valence-electron chi connectivity index (χ3n) is 6.17. The van der Waals surface area contributed by atoms with Gasteiger partial charge in [-0.15, -0.1) is 0 Å². The highest BCUT2D eigenvalue weighted by molar-refractivity contribution is 6.37. The Hall–Kier alpha value is -2.97. The van der Waals surface area contributed by atoms with Crippen LogP contribution in [0.2, 0.25) is 5.02 Å². The van der Waals surface area contributed by atoms with Gasteiger partial charge in [0.15, 0.2) is 5.75 Å². The molecule has 3 atom stereocenters. The molecule has 1 aliphatic carbocycles. The highest BCUT2D eigenvalue weighted by Gasteiger charge is 2.54. The van der Waals surface area contributed by atoms with E-state index in [1.54, 1.807) is 12.4 Å². The lowest BCUT2D eigenvalue weighted by molar-refractivity contribution is 0.442. The molecule has 8 nitrogen and oxygen atoms in total. The molecule has 3 N–H and O–H groups in total. The van der Waals surface area contributed by atoms with Crippen molar-refractivity contribution < 1.29 is 4.74 Å². The lowest BCUT2D eigenvalue weighted by Crippen LogP contribution is -2.29. The molecule has 1 saturated heterocycles. The zero-order chi connectivity index (χ0) is 20.4. The predicted molar refractivity (Wildman–Crippen MR) is 115 cm³/mol. The number of fused-ring (bicyclic) bond motifs is 3. The molecular formula is C21H20ClN7O. The molecule has 0 aromatic carbocycles. The van der Waals surface area contributed by atoms with E-state index in [1.165, 1.54) is 0 Å². The van der Waals surface area contributed by atoms with Crippen LogP contribution in [0, 0.1) is 11.8 Å². The molecule has 1 saturated carbocycles. The van der Waals surface area contributed by atoms with Crippen LogP contribution < -0.4 is 15.4 Å². The number of piperidine rings is 1. The van der Waals surface area contributed by atoms with Crippen molar-refractivity contribution in [3.63, 3.8) is 0 Å². The maximum Gasteiger partial charge on any atom is 0.326 e. The number of nitrogens with one attached hydrogen (secondary N) is 1. The number of hydrogen-bond acceptors (Lipinski definition) is 7. The fraction of sp³-hybridized carbons (Fsp3) is 0.333. The van der Waals surface area contributed by atoms with E-state index in [1.807, 2.05) is 18.2 Å². The van der Waals surface area contributed by atoms with Gasteiger partial charge < -0.3 is 20.4 Å². The van der Waals surface area contributed by atoms with E-state index in [2.05, 4.69) is 31.8 Å². The summed E-state index contributed by atoms with van der Waals surface area (Å²) in [4.78, 5) is 23.6. The molecule has 2 aliphatic rings. The Bertz CT molecular complexity index is 1280. The van der Waals surface area contributed by atoms with Gasteiger partial charge in [0, 0.05) is 37.1 Å². The minimum absolute atomic E-state index is 0.250. The van der Waals surface area contributed by atoms with Gasteiger partial charge in [0.2, 0.25) is 0 Å².